The van der Waals surface area contributed by atoms with E-state index in [0.717, 1.165) is 0 Å². The molecule has 1 heteroatoms. The summed E-state index contributed by atoms with van der Waals surface area (Å²) in [6.45, 7) is 23.1. The summed E-state index contributed by atoms with van der Waals surface area (Å²) in [6.07, 6.45) is 0. The SMILES string of the molecule is CC(C)(C)c1bccc(C(C)(C)C)c1C(C)(C)C. The summed E-state index contributed by atoms with van der Waals surface area (Å²) in [6, 6.07) is 2.30. The second kappa shape index (κ2) is 4.51. The first-order chi connectivity index (χ1) is 7.85. The molecule has 0 aromatic carbocycles. The van der Waals surface area contributed by atoms with E-state index in [1.54, 1.807) is 0 Å². The third-order valence-corrected chi connectivity index (χ3v) is 3.43. The third-order valence-electron chi connectivity index (χ3n) is 3.43. The fraction of sp³-hybridized carbons (Fsp3) is 0.706. The fourth-order valence-electron chi connectivity index (χ4n) is 2.61. The summed E-state index contributed by atoms with van der Waals surface area (Å²) in [7, 11) is 0. The Hall–Kier alpha value is -0.585. The second-order valence-corrected chi connectivity index (χ2v) is 8.48. The monoisotopic (exact) mass is 244 g/mol. The Labute approximate surface area is 114 Å². The van der Waals surface area contributed by atoms with Crippen LogP contribution in [0.3, 0.4) is 0 Å². The molecule has 18 heavy (non-hydrogen) atoms. The van der Waals surface area contributed by atoms with Gasteiger partial charge in [0.25, 0.3) is 0 Å². The maximum absolute atomic E-state index is 2.33. The second-order valence-electron chi connectivity index (χ2n) is 8.48. The molecular weight excluding hydrogens is 215 g/mol. The Morgan fingerprint density at radius 2 is 1.22 bits per heavy atom. The maximum atomic E-state index is 2.33. The molecule has 0 saturated heterocycles. The van der Waals surface area contributed by atoms with Crippen LogP contribution in [-0.4, -0.2) is 6.91 Å². The van der Waals surface area contributed by atoms with Crippen molar-refractivity contribution >= 4 is 6.91 Å². The number of hydrogen-bond acceptors (Lipinski definition) is 0. The van der Waals surface area contributed by atoms with Gasteiger partial charge in [-0.1, -0.05) is 0 Å². The topological polar surface area (TPSA) is 0 Å². The molecule has 0 unspecified atom stereocenters. The molecular formula is C17H29B. The number of rotatable bonds is 0. The van der Waals surface area contributed by atoms with Crippen LogP contribution in [0.5, 0.6) is 0 Å². The molecule has 0 saturated carbocycles. The molecule has 0 spiro atoms. The number of hydrogen-bond donors (Lipinski definition) is 0. The molecule has 0 aliphatic rings. The van der Waals surface area contributed by atoms with Gasteiger partial charge in [-0.25, -0.2) is 0 Å². The molecule has 0 nitrogen and oxygen atoms in total. The van der Waals surface area contributed by atoms with Crippen LogP contribution in [0, 0.1) is 0 Å². The molecule has 1 aromatic heterocycles. The van der Waals surface area contributed by atoms with Crippen molar-refractivity contribution in [1.29, 1.82) is 0 Å². The minimum atomic E-state index is 0.187. The molecule has 0 atom stereocenters. The van der Waals surface area contributed by atoms with Gasteiger partial charge in [0.1, 0.15) is 0 Å². The summed E-state index contributed by atoms with van der Waals surface area (Å²) in [5, 5.41) is 0. The summed E-state index contributed by atoms with van der Waals surface area (Å²) < 4.78 is 0. The molecule has 0 aliphatic heterocycles. The van der Waals surface area contributed by atoms with E-state index >= 15 is 0 Å². The van der Waals surface area contributed by atoms with Gasteiger partial charge in [0.05, 0.1) is 0 Å². The molecule has 0 amide bonds. The molecule has 1 rings (SSSR count). The van der Waals surface area contributed by atoms with Gasteiger partial charge in [-0.2, -0.15) is 0 Å². The van der Waals surface area contributed by atoms with Crippen molar-refractivity contribution in [2.75, 3.05) is 0 Å². The van der Waals surface area contributed by atoms with Crippen molar-refractivity contribution in [2.24, 2.45) is 0 Å². The fourth-order valence-corrected chi connectivity index (χ4v) is 2.61. The molecule has 1 heterocycles. The van der Waals surface area contributed by atoms with Crippen LogP contribution >= 0.6 is 0 Å². The quantitative estimate of drug-likeness (QED) is 0.607. The Morgan fingerprint density at radius 3 is 1.56 bits per heavy atom. The first kappa shape index (κ1) is 15.5. The molecule has 0 N–H and O–H groups in total. The van der Waals surface area contributed by atoms with Crippen LogP contribution in [0.1, 0.15) is 78.9 Å². The minimum absolute atomic E-state index is 0.187. The van der Waals surface area contributed by atoms with Crippen molar-refractivity contribution in [3.63, 3.8) is 0 Å². The molecule has 0 fully saturated rings. The van der Waals surface area contributed by atoms with E-state index in [2.05, 4.69) is 81.3 Å². The predicted octanol–water partition coefficient (Wildman–Crippen LogP) is 4.92. The van der Waals surface area contributed by atoms with E-state index < -0.39 is 0 Å². The van der Waals surface area contributed by atoms with Gasteiger partial charge in [0, 0.05) is 0 Å². The van der Waals surface area contributed by atoms with E-state index in [-0.39, 0.29) is 16.2 Å². The van der Waals surface area contributed by atoms with E-state index in [1.807, 2.05) is 0 Å². The average molecular weight is 244 g/mol. The predicted molar refractivity (Wildman–Crippen MR) is 83.9 cm³/mol. The van der Waals surface area contributed by atoms with Crippen LogP contribution in [0.25, 0.3) is 0 Å². The zero-order chi connectivity index (χ0) is 14.4. The van der Waals surface area contributed by atoms with Gasteiger partial charge in [-0.05, 0) is 0 Å². The van der Waals surface area contributed by atoms with Crippen molar-refractivity contribution in [1.82, 2.24) is 0 Å². The third kappa shape index (κ3) is 3.25. The van der Waals surface area contributed by atoms with Gasteiger partial charge in [-0.15, -0.1) is 0 Å². The van der Waals surface area contributed by atoms with E-state index in [1.165, 1.54) is 16.6 Å². The van der Waals surface area contributed by atoms with Crippen molar-refractivity contribution in [3.05, 3.63) is 28.6 Å². The standard InChI is InChI=1S/C17H29B/c1-15(2,3)12-10-11-18-14(17(7,8)9)13(12)16(4,5)6/h10-11H,1-9H3. The van der Waals surface area contributed by atoms with Crippen LogP contribution in [0.4, 0.5) is 0 Å². The van der Waals surface area contributed by atoms with Crippen LogP contribution in [0.2, 0.25) is 0 Å². The normalized spacial score (nSPS) is 13.6. The zero-order valence-corrected chi connectivity index (χ0v) is 13.7. The first-order valence-electron chi connectivity index (χ1n) is 6.99. The Balaban J connectivity index is 3.68. The summed E-state index contributed by atoms with van der Waals surface area (Å²) in [5.41, 5.74) is 5.09. The van der Waals surface area contributed by atoms with E-state index in [4.69, 9.17) is 0 Å². The van der Waals surface area contributed by atoms with Gasteiger partial charge in [-0.3, -0.25) is 0 Å². The first-order valence-corrected chi connectivity index (χ1v) is 6.99. The van der Waals surface area contributed by atoms with Crippen LogP contribution < -0.4 is 0 Å². The van der Waals surface area contributed by atoms with Gasteiger partial charge in [0.15, 0.2) is 0 Å². The van der Waals surface area contributed by atoms with Crippen molar-refractivity contribution in [3.8, 4) is 0 Å². The molecule has 100 valence electrons. The molecule has 0 bridgehead atoms. The summed E-state index contributed by atoms with van der Waals surface area (Å²) >= 11 is 0. The van der Waals surface area contributed by atoms with Crippen molar-refractivity contribution < 1.29 is 0 Å². The zero-order valence-electron chi connectivity index (χ0n) is 13.7. The summed E-state index contributed by atoms with van der Waals surface area (Å²) in [4.78, 5) is 0. The van der Waals surface area contributed by atoms with Gasteiger partial charge < -0.3 is 0 Å². The molecule has 0 aliphatic carbocycles. The van der Waals surface area contributed by atoms with Gasteiger partial charge in [0.2, 0.25) is 0 Å². The Morgan fingerprint density at radius 1 is 0.722 bits per heavy atom. The Bertz CT molecular complexity index is 390. The van der Waals surface area contributed by atoms with Crippen LogP contribution in [-0.2, 0) is 16.2 Å². The van der Waals surface area contributed by atoms with Gasteiger partial charge >= 0.3 is 114 Å². The van der Waals surface area contributed by atoms with E-state index in [9.17, 15) is 0 Å². The van der Waals surface area contributed by atoms with E-state index in [0.29, 0.717) is 0 Å². The average Bonchev–Trinajstić information content (AvgIpc) is 2.12. The Kier molecular flexibility index (Phi) is 3.87. The van der Waals surface area contributed by atoms with Crippen LogP contribution in [0.15, 0.2) is 12.0 Å². The van der Waals surface area contributed by atoms with Crippen molar-refractivity contribution in [2.45, 2.75) is 78.6 Å². The molecule has 0 radical (unpaired) electrons. The molecule has 1 aromatic rings. The summed E-state index contributed by atoms with van der Waals surface area (Å²) in [5.74, 6) is 2.22.